The second-order valence-corrected chi connectivity index (χ2v) is 7.70. The lowest BCUT2D eigenvalue weighted by molar-refractivity contribution is 0.00618. The van der Waals surface area contributed by atoms with Crippen LogP contribution < -0.4 is 0 Å². The number of halogens is 1. The molecule has 0 radical (unpaired) electrons. The molecule has 132 valence electrons. The van der Waals surface area contributed by atoms with Gasteiger partial charge in [0, 0.05) is 10.8 Å². The zero-order chi connectivity index (χ0) is 17.6. The Bertz CT molecular complexity index is 778. The maximum atomic E-state index is 10.1. The molecule has 2 atom stereocenters. The van der Waals surface area contributed by atoms with Gasteiger partial charge in [-0.2, -0.15) is 0 Å². The van der Waals surface area contributed by atoms with Crippen molar-refractivity contribution in [1.29, 1.82) is 0 Å². The van der Waals surface area contributed by atoms with Gasteiger partial charge in [0.2, 0.25) is 0 Å². The van der Waals surface area contributed by atoms with E-state index in [1.165, 1.54) is 11.8 Å². The third kappa shape index (κ3) is 5.29. The van der Waals surface area contributed by atoms with Crippen LogP contribution in [0.5, 0.6) is 0 Å². The lowest BCUT2D eigenvalue weighted by Crippen LogP contribution is -2.19. The van der Waals surface area contributed by atoms with E-state index >= 15 is 0 Å². The predicted molar refractivity (Wildman–Crippen MR) is 100 cm³/mol. The maximum absolute atomic E-state index is 10.1. The number of nitrogens with zero attached hydrogens (tertiary/aromatic N) is 2. The Kier molecular flexibility index (Phi) is 6.50. The van der Waals surface area contributed by atoms with Crippen LogP contribution in [0.15, 0.2) is 51.4 Å². The van der Waals surface area contributed by atoms with Crippen LogP contribution in [0.1, 0.15) is 18.6 Å². The second kappa shape index (κ2) is 8.82. The maximum Gasteiger partial charge on any atom is 0.276 e. The summed E-state index contributed by atoms with van der Waals surface area (Å²) in [4.78, 5) is 0.931. The third-order valence-corrected chi connectivity index (χ3v) is 5.49. The van der Waals surface area contributed by atoms with E-state index in [2.05, 4.69) is 10.2 Å². The fourth-order valence-electron chi connectivity index (χ4n) is 2.07. The van der Waals surface area contributed by atoms with Gasteiger partial charge in [-0.1, -0.05) is 41.6 Å². The Hall–Kier alpha value is -1.38. The average Bonchev–Trinajstić information content (AvgIpc) is 3.29. The SMILES string of the molecule is C[C@@H](OC[C@H](O)CSc1nnc(-c2cccs2)o1)c1ccc(Cl)cc1. The highest BCUT2D eigenvalue weighted by atomic mass is 35.5. The molecule has 0 fully saturated rings. The summed E-state index contributed by atoms with van der Waals surface area (Å²) in [6.07, 6.45) is -0.748. The number of ether oxygens (including phenoxy) is 1. The molecular formula is C17H17ClN2O3S2. The molecule has 0 spiro atoms. The van der Waals surface area contributed by atoms with Gasteiger partial charge in [-0.25, -0.2) is 0 Å². The highest BCUT2D eigenvalue weighted by molar-refractivity contribution is 7.99. The highest BCUT2D eigenvalue weighted by Crippen LogP contribution is 2.27. The summed E-state index contributed by atoms with van der Waals surface area (Å²) in [6.45, 7) is 2.16. The standard InChI is InChI=1S/C17H17ClN2O3S2/c1-11(12-4-6-13(18)7-5-12)22-9-14(21)10-25-17-20-19-16(23-17)15-3-2-8-24-15/h2-8,11,14,21H,9-10H2,1H3/t11-,14+/m1/s1. The molecule has 0 saturated heterocycles. The minimum atomic E-state index is -0.628. The number of aliphatic hydroxyl groups excluding tert-OH is 1. The third-order valence-electron chi connectivity index (χ3n) is 3.42. The molecule has 0 amide bonds. The van der Waals surface area contributed by atoms with Gasteiger partial charge in [0.1, 0.15) is 0 Å². The van der Waals surface area contributed by atoms with Gasteiger partial charge in [0.05, 0.1) is 23.7 Å². The van der Waals surface area contributed by atoms with Crippen LogP contribution in [0.4, 0.5) is 0 Å². The fourth-order valence-corrected chi connectivity index (χ4v) is 3.51. The Balaban J connectivity index is 1.43. The zero-order valence-electron chi connectivity index (χ0n) is 13.5. The molecule has 1 aromatic carbocycles. The van der Waals surface area contributed by atoms with Crippen molar-refractivity contribution in [3.63, 3.8) is 0 Å². The Morgan fingerprint density at radius 2 is 2.08 bits per heavy atom. The van der Waals surface area contributed by atoms with Gasteiger partial charge in [0.15, 0.2) is 0 Å². The van der Waals surface area contributed by atoms with Gasteiger partial charge in [-0.15, -0.1) is 21.5 Å². The predicted octanol–water partition coefficient (Wildman–Crippen LogP) is 4.68. The van der Waals surface area contributed by atoms with Crippen molar-refractivity contribution in [2.75, 3.05) is 12.4 Å². The topological polar surface area (TPSA) is 68.4 Å². The lowest BCUT2D eigenvalue weighted by Gasteiger charge is -2.16. The molecule has 0 aliphatic rings. The summed E-state index contributed by atoms with van der Waals surface area (Å²) >= 11 is 8.73. The molecule has 0 aliphatic heterocycles. The molecule has 3 rings (SSSR count). The summed E-state index contributed by atoms with van der Waals surface area (Å²) in [7, 11) is 0. The molecule has 1 N–H and O–H groups in total. The van der Waals surface area contributed by atoms with E-state index < -0.39 is 6.10 Å². The van der Waals surface area contributed by atoms with Crippen LogP contribution in [0, 0.1) is 0 Å². The number of aromatic nitrogens is 2. The van der Waals surface area contributed by atoms with Crippen molar-refractivity contribution in [1.82, 2.24) is 10.2 Å². The van der Waals surface area contributed by atoms with E-state index in [-0.39, 0.29) is 12.7 Å². The fraction of sp³-hybridized carbons (Fsp3) is 0.294. The van der Waals surface area contributed by atoms with E-state index in [0.717, 1.165) is 10.4 Å². The molecule has 2 aromatic heterocycles. The number of rotatable bonds is 8. The van der Waals surface area contributed by atoms with Crippen molar-refractivity contribution in [3.05, 3.63) is 52.4 Å². The second-order valence-electron chi connectivity index (χ2n) is 5.34. The van der Waals surface area contributed by atoms with Crippen LogP contribution in [-0.4, -0.2) is 33.8 Å². The number of benzene rings is 1. The van der Waals surface area contributed by atoms with Crippen molar-refractivity contribution in [2.24, 2.45) is 0 Å². The zero-order valence-corrected chi connectivity index (χ0v) is 15.9. The first kappa shape index (κ1) is 18.4. The van der Waals surface area contributed by atoms with Gasteiger partial charge < -0.3 is 14.3 Å². The minimum absolute atomic E-state index is 0.120. The van der Waals surface area contributed by atoms with Crippen molar-refractivity contribution in [2.45, 2.75) is 24.4 Å². The van der Waals surface area contributed by atoms with Crippen LogP contribution >= 0.6 is 34.7 Å². The normalized spacial score (nSPS) is 13.7. The molecule has 5 nitrogen and oxygen atoms in total. The first-order valence-electron chi connectivity index (χ1n) is 7.67. The lowest BCUT2D eigenvalue weighted by atomic mass is 10.1. The van der Waals surface area contributed by atoms with Crippen LogP contribution in [0.3, 0.4) is 0 Å². The number of thiophene rings is 1. The molecule has 25 heavy (non-hydrogen) atoms. The van der Waals surface area contributed by atoms with Crippen LogP contribution in [-0.2, 0) is 4.74 Å². The molecule has 3 aromatic rings. The minimum Gasteiger partial charge on any atom is -0.410 e. The van der Waals surface area contributed by atoms with E-state index in [1.807, 2.05) is 48.7 Å². The molecule has 8 heteroatoms. The summed E-state index contributed by atoms with van der Waals surface area (Å²) in [5.74, 6) is 0.916. The van der Waals surface area contributed by atoms with Gasteiger partial charge >= 0.3 is 0 Å². The molecule has 0 aliphatic carbocycles. The number of thioether (sulfide) groups is 1. The van der Waals surface area contributed by atoms with Crippen LogP contribution in [0.25, 0.3) is 10.8 Å². The quantitative estimate of drug-likeness (QED) is 0.557. The summed E-state index contributed by atoms with van der Waals surface area (Å²) < 4.78 is 11.3. The Labute approximate surface area is 159 Å². The smallest absolute Gasteiger partial charge is 0.276 e. The first-order chi connectivity index (χ1) is 12.1. The van der Waals surface area contributed by atoms with Gasteiger partial charge in [-0.05, 0) is 36.1 Å². The van der Waals surface area contributed by atoms with E-state index in [4.69, 9.17) is 20.8 Å². The summed E-state index contributed by atoms with van der Waals surface area (Å²) in [6, 6.07) is 11.3. The van der Waals surface area contributed by atoms with Crippen molar-refractivity contribution in [3.8, 4) is 10.8 Å². The van der Waals surface area contributed by atoms with E-state index in [0.29, 0.717) is 21.9 Å². The number of aliphatic hydroxyl groups is 1. The average molecular weight is 397 g/mol. The number of hydrogen-bond acceptors (Lipinski definition) is 7. The molecule has 2 heterocycles. The van der Waals surface area contributed by atoms with Gasteiger partial charge in [-0.3, -0.25) is 0 Å². The number of hydrogen-bond donors (Lipinski definition) is 1. The highest BCUT2D eigenvalue weighted by Gasteiger charge is 2.14. The Morgan fingerprint density at radius 3 is 2.80 bits per heavy atom. The summed E-state index contributed by atoms with van der Waals surface area (Å²) in [5, 5.41) is 21.2. The van der Waals surface area contributed by atoms with E-state index in [9.17, 15) is 5.11 Å². The van der Waals surface area contributed by atoms with E-state index in [1.54, 1.807) is 11.3 Å². The van der Waals surface area contributed by atoms with Gasteiger partial charge in [0.25, 0.3) is 11.1 Å². The largest absolute Gasteiger partial charge is 0.410 e. The molecule has 0 unspecified atom stereocenters. The summed E-state index contributed by atoms with van der Waals surface area (Å²) in [5.41, 5.74) is 1.02. The molecular weight excluding hydrogens is 380 g/mol. The Morgan fingerprint density at radius 1 is 1.28 bits per heavy atom. The monoisotopic (exact) mass is 396 g/mol. The molecule has 0 bridgehead atoms. The molecule has 0 saturated carbocycles. The van der Waals surface area contributed by atoms with Crippen molar-refractivity contribution < 1.29 is 14.3 Å². The van der Waals surface area contributed by atoms with Crippen LogP contribution in [0.2, 0.25) is 5.02 Å². The first-order valence-corrected chi connectivity index (χ1v) is 9.91. The van der Waals surface area contributed by atoms with Crippen molar-refractivity contribution >= 4 is 34.7 Å².